The molecule has 0 saturated carbocycles. The molecule has 1 aliphatic rings. The monoisotopic (exact) mass is 410 g/mol. The molecular weight excluding hydrogens is 387 g/mol. The van der Waals surface area contributed by atoms with Gasteiger partial charge in [0.15, 0.2) is 5.78 Å². The van der Waals surface area contributed by atoms with Gasteiger partial charge in [-0.3, -0.25) is 15.0 Å². The van der Waals surface area contributed by atoms with E-state index in [0.717, 1.165) is 31.3 Å². The topological polar surface area (TPSA) is 71.8 Å². The minimum atomic E-state index is -0.509. The van der Waals surface area contributed by atoms with Gasteiger partial charge < -0.3 is 9.15 Å². The summed E-state index contributed by atoms with van der Waals surface area (Å²) in [6, 6.07) is 12.9. The lowest BCUT2D eigenvalue weighted by atomic mass is 9.89. The Morgan fingerprint density at radius 1 is 1.10 bits per heavy atom. The van der Waals surface area contributed by atoms with Gasteiger partial charge in [0.2, 0.25) is 0 Å². The number of nitrogens with zero attached hydrogens (tertiary/aromatic N) is 1. The summed E-state index contributed by atoms with van der Waals surface area (Å²) in [6.07, 6.45) is 2.55. The van der Waals surface area contributed by atoms with Crippen molar-refractivity contribution in [3.05, 3.63) is 66.2 Å². The molecule has 0 atom stereocenters. The molecule has 6 nitrogen and oxygen atoms in total. The van der Waals surface area contributed by atoms with E-state index in [-0.39, 0.29) is 24.1 Å². The summed E-state index contributed by atoms with van der Waals surface area (Å²) in [7, 11) is 0. The van der Waals surface area contributed by atoms with E-state index in [1.807, 2.05) is 6.07 Å². The van der Waals surface area contributed by atoms with E-state index in [1.54, 1.807) is 36.6 Å². The summed E-state index contributed by atoms with van der Waals surface area (Å²) >= 11 is 0. The maximum atomic E-state index is 13.0. The van der Waals surface area contributed by atoms with Crippen LogP contribution in [0.4, 0.5) is 14.9 Å². The quantitative estimate of drug-likeness (QED) is 0.596. The van der Waals surface area contributed by atoms with Gasteiger partial charge in [0.05, 0.1) is 12.0 Å². The maximum absolute atomic E-state index is 13.0. The number of Topliss-reactive ketones (excluding diaryl/α,β-unsaturated/α-hetero) is 1. The van der Waals surface area contributed by atoms with E-state index in [1.165, 1.54) is 12.1 Å². The summed E-state index contributed by atoms with van der Waals surface area (Å²) in [6.45, 7) is 2.40. The number of likely N-dealkylation sites (tertiary alicyclic amines) is 1. The van der Waals surface area contributed by atoms with Crippen LogP contribution >= 0.6 is 0 Å². The lowest BCUT2D eigenvalue weighted by Crippen LogP contribution is -2.38. The average Bonchev–Trinajstić information content (AvgIpc) is 3.24. The fraction of sp³-hybridized carbons (Fsp3) is 0.304. The van der Waals surface area contributed by atoms with Crippen LogP contribution in [-0.4, -0.2) is 43.0 Å². The number of benzene rings is 2. The van der Waals surface area contributed by atoms with Gasteiger partial charge in [0.25, 0.3) is 0 Å². The number of hydrogen-bond donors (Lipinski definition) is 1. The Morgan fingerprint density at radius 2 is 1.87 bits per heavy atom. The molecule has 1 aliphatic heterocycles. The molecule has 0 unspecified atom stereocenters. The van der Waals surface area contributed by atoms with Crippen molar-refractivity contribution in [2.24, 2.45) is 5.92 Å². The Morgan fingerprint density at radius 3 is 2.63 bits per heavy atom. The molecule has 4 rings (SSSR count). The first-order chi connectivity index (χ1) is 14.6. The molecule has 1 fully saturated rings. The summed E-state index contributed by atoms with van der Waals surface area (Å²) in [5.41, 5.74) is 1.90. The van der Waals surface area contributed by atoms with Gasteiger partial charge in [-0.2, -0.15) is 0 Å². The molecule has 3 aromatic rings. The van der Waals surface area contributed by atoms with Crippen LogP contribution in [0.15, 0.2) is 59.2 Å². The molecule has 1 amide bonds. The third-order valence-electron chi connectivity index (χ3n) is 5.46. The van der Waals surface area contributed by atoms with Crippen LogP contribution in [0.3, 0.4) is 0 Å². The second-order valence-electron chi connectivity index (χ2n) is 7.39. The highest BCUT2D eigenvalue weighted by Crippen LogP contribution is 2.24. The van der Waals surface area contributed by atoms with Crippen molar-refractivity contribution < 1.29 is 23.1 Å². The summed E-state index contributed by atoms with van der Waals surface area (Å²) in [5, 5.41) is 3.56. The SMILES string of the molecule is O=C(Nc1cccc2occc12)OCCN1CCC(C(=O)c2ccc(F)cc2)CC1. The molecule has 0 radical (unpaired) electrons. The highest BCUT2D eigenvalue weighted by Gasteiger charge is 2.25. The first kappa shape index (κ1) is 20.1. The van der Waals surface area contributed by atoms with E-state index in [4.69, 9.17) is 9.15 Å². The number of halogens is 1. The Bertz CT molecular complexity index is 1020. The zero-order chi connectivity index (χ0) is 20.9. The smallest absolute Gasteiger partial charge is 0.411 e. The van der Waals surface area contributed by atoms with Crippen molar-refractivity contribution in [1.29, 1.82) is 0 Å². The number of ketones is 1. The summed E-state index contributed by atoms with van der Waals surface area (Å²) in [4.78, 5) is 26.8. The normalized spacial score (nSPS) is 15.2. The Hall–Kier alpha value is -3.19. The fourth-order valence-electron chi connectivity index (χ4n) is 3.79. The number of piperidine rings is 1. The Balaban J connectivity index is 1.19. The molecule has 156 valence electrons. The highest BCUT2D eigenvalue weighted by atomic mass is 19.1. The van der Waals surface area contributed by atoms with Crippen LogP contribution in [0.1, 0.15) is 23.2 Å². The van der Waals surface area contributed by atoms with Gasteiger partial charge in [0.1, 0.15) is 18.0 Å². The number of furan rings is 1. The van der Waals surface area contributed by atoms with Gasteiger partial charge in [-0.1, -0.05) is 6.07 Å². The number of nitrogens with one attached hydrogen (secondary N) is 1. The zero-order valence-electron chi connectivity index (χ0n) is 16.5. The second kappa shape index (κ2) is 9.09. The number of ether oxygens (including phenoxy) is 1. The largest absolute Gasteiger partial charge is 0.464 e. The standard InChI is InChI=1S/C23H23FN2O4/c24-18-6-4-16(5-7-18)22(27)17-8-11-26(12-9-17)13-15-30-23(28)25-20-2-1-3-21-19(20)10-14-29-21/h1-7,10,14,17H,8-9,11-13,15H2,(H,25,28). The summed E-state index contributed by atoms with van der Waals surface area (Å²) < 4.78 is 23.7. The van der Waals surface area contributed by atoms with Crippen molar-refractivity contribution in [1.82, 2.24) is 4.90 Å². The number of amides is 1. The molecule has 0 spiro atoms. The van der Waals surface area contributed by atoms with Gasteiger partial charge in [-0.15, -0.1) is 0 Å². The molecule has 1 saturated heterocycles. The third-order valence-corrected chi connectivity index (χ3v) is 5.46. The van der Waals surface area contributed by atoms with Crippen LogP contribution in [0.5, 0.6) is 0 Å². The van der Waals surface area contributed by atoms with Crippen LogP contribution in [0, 0.1) is 11.7 Å². The number of rotatable bonds is 6. The number of hydrogen-bond acceptors (Lipinski definition) is 5. The lowest BCUT2D eigenvalue weighted by molar-refractivity contribution is 0.0813. The number of anilines is 1. The fourth-order valence-corrected chi connectivity index (χ4v) is 3.79. The minimum Gasteiger partial charge on any atom is -0.464 e. The first-order valence-electron chi connectivity index (χ1n) is 10.0. The average molecular weight is 410 g/mol. The zero-order valence-corrected chi connectivity index (χ0v) is 16.5. The van der Waals surface area contributed by atoms with Crippen LogP contribution in [0.2, 0.25) is 0 Å². The van der Waals surface area contributed by atoms with Crippen molar-refractivity contribution in [3.8, 4) is 0 Å². The predicted octanol–water partition coefficient (Wildman–Crippen LogP) is 4.72. The van der Waals surface area contributed by atoms with E-state index in [2.05, 4.69) is 10.2 Å². The van der Waals surface area contributed by atoms with Gasteiger partial charge >= 0.3 is 6.09 Å². The van der Waals surface area contributed by atoms with Crippen molar-refractivity contribution in [3.63, 3.8) is 0 Å². The Labute approximate surface area is 173 Å². The van der Waals surface area contributed by atoms with Crippen molar-refractivity contribution in [2.45, 2.75) is 12.8 Å². The predicted molar refractivity (Wildman–Crippen MR) is 111 cm³/mol. The van der Waals surface area contributed by atoms with E-state index < -0.39 is 6.09 Å². The van der Waals surface area contributed by atoms with E-state index >= 15 is 0 Å². The summed E-state index contributed by atoms with van der Waals surface area (Å²) in [5.74, 6) is -0.322. The number of carbonyl (C=O) groups excluding carboxylic acids is 2. The van der Waals surface area contributed by atoms with Crippen molar-refractivity contribution >= 4 is 28.5 Å². The van der Waals surface area contributed by atoms with Crippen LogP contribution in [0.25, 0.3) is 11.0 Å². The molecule has 2 aromatic carbocycles. The first-order valence-corrected chi connectivity index (χ1v) is 10.0. The lowest BCUT2D eigenvalue weighted by Gasteiger charge is -2.31. The van der Waals surface area contributed by atoms with Gasteiger partial charge in [0, 0.05) is 23.4 Å². The molecule has 0 bridgehead atoms. The van der Waals surface area contributed by atoms with E-state index in [0.29, 0.717) is 23.4 Å². The van der Waals surface area contributed by atoms with Gasteiger partial charge in [-0.05, 0) is 68.4 Å². The molecule has 7 heteroatoms. The Kier molecular flexibility index (Phi) is 6.09. The van der Waals surface area contributed by atoms with Crippen molar-refractivity contribution in [2.75, 3.05) is 31.6 Å². The van der Waals surface area contributed by atoms with E-state index in [9.17, 15) is 14.0 Å². The maximum Gasteiger partial charge on any atom is 0.411 e. The molecule has 0 aliphatic carbocycles. The van der Waals surface area contributed by atoms with Crippen LogP contribution in [-0.2, 0) is 4.74 Å². The van der Waals surface area contributed by atoms with Crippen LogP contribution < -0.4 is 5.32 Å². The molecule has 2 heterocycles. The molecule has 1 N–H and O–H groups in total. The minimum absolute atomic E-state index is 0.0497. The second-order valence-corrected chi connectivity index (χ2v) is 7.39. The highest BCUT2D eigenvalue weighted by molar-refractivity contribution is 5.98. The number of fused-ring (bicyclic) bond motifs is 1. The molecular formula is C23H23FN2O4. The third kappa shape index (κ3) is 4.68. The molecule has 1 aromatic heterocycles. The molecule has 30 heavy (non-hydrogen) atoms. The van der Waals surface area contributed by atoms with Gasteiger partial charge in [-0.25, -0.2) is 9.18 Å². The number of carbonyl (C=O) groups is 2.